The molecule has 0 amide bonds. The molecule has 0 radical (unpaired) electrons. The number of rotatable bonds is 7. The quantitative estimate of drug-likeness (QED) is 0.159. The van der Waals surface area contributed by atoms with Crippen molar-refractivity contribution in [3.8, 4) is 44.5 Å². The summed E-state index contributed by atoms with van der Waals surface area (Å²) in [5.74, 6) is 0. The Balaban J connectivity index is 1.25. The fourth-order valence-corrected chi connectivity index (χ4v) is 7.61. The maximum Gasteiger partial charge on any atom is 0.0645 e. The molecule has 0 fully saturated rings. The molecule has 0 saturated heterocycles. The van der Waals surface area contributed by atoms with Crippen molar-refractivity contribution in [2.75, 3.05) is 4.90 Å². The summed E-state index contributed by atoms with van der Waals surface area (Å²) in [7, 11) is 0. The molecular weight excluding hydrogens is 663 g/mol. The monoisotopic (exact) mass is 707 g/mol. The third-order valence-corrected chi connectivity index (χ3v) is 10.2. The number of benzene rings is 10. The largest absolute Gasteiger partial charge is 0.310 e. The van der Waals surface area contributed by atoms with Gasteiger partial charge in [0.05, 0.1) is 11.0 Å². The lowest BCUT2D eigenvalue weighted by molar-refractivity contribution is 1.28. The first-order valence-corrected chi connectivity index (χ1v) is 18.3. The summed E-state index contributed by atoms with van der Waals surface area (Å²) in [6.45, 7) is 0. The number of nitrogens with zero attached hydrogens (tertiary/aromatic N) is 1. The van der Waals surface area contributed by atoms with Crippen molar-refractivity contribution in [2.24, 2.45) is 0 Å². The molecule has 10 rings (SSSR count). The fourth-order valence-electron chi connectivity index (χ4n) is 7.61. The van der Waals surface area contributed by atoms with Crippen LogP contribution in [0.15, 0.2) is 224 Å². The summed E-state index contributed by atoms with van der Waals surface area (Å²) in [5.41, 5.74) is 4.97. The average Bonchev–Trinajstić information content (AvgIpc) is 3.32. The average molecular weight is 708 g/mol. The standard InChI is InChI=1S/C54H37N/c1-2-13-40(14-3-1)52-27-11-19-43-20-12-28-53(54(43)52)44-21-8-22-47(37-44)55(45-33-29-41(30-34-45)50-25-9-17-38-15-4-6-23-48(38)50)46-35-31-42(32-36-46)51-26-10-18-39-16-5-7-24-49(39)51/h1-37H/i29D,30D,31D,32D,33D,34D,35D,36D. The molecular formula is C54H37N. The van der Waals surface area contributed by atoms with E-state index in [4.69, 9.17) is 0 Å². The van der Waals surface area contributed by atoms with Crippen molar-refractivity contribution >= 4 is 49.4 Å². The molecule has 0 aliphatic heterocycles. The van der Waals surface area contributed by atoms with Gasteiger partial charge in [-0.25, -0.2) is 0 Å². The molecule has 0 saturated carbocycles. The minimum absolute atomic E-state index is 0.120. The lowest BCUT2D eigenvalue weighted by Crippen LogP contribution is -2.10. The number of fused-ring (bicyclic) bond motifs is 3. The van der Waals surface area contributed by atoms with E-state index in [9.17, 15) is 11.0 Å². The predicted octanol–water partition coefficient (Wildman–Crippen LogP) is 15.3. The van der Waals surface area contributed by atoms with Crippen LogP contribution in [-0.4, -0.2) is 0 Å². The summed E-state index contributed by atoms with van der Waals surface area (Å²) < 4.78 is 76.7. The molecule has 1 heteroatoms. The molecule has 0 spiro atoms. The van der Waals surface area contributed by atoms with Crippen molar-refractivity contribution < 1.29 is 11.0 Å². The van der Waals surface area contributed by atoms with Gasteiger partial charge in [0.2, 0.25) is 0 Å². The molecule has 0 atom stereocenters. The zero-order valence-electron chi connectivity index (χ0n) is 37.7. The molecule has 10 aromatic rings. The highest BCUT2D eigenvalue weighted by atomic mass is 15.1. The minimum Gasteiger partial charge on any atom is -0.310 e. The highest BCUT2D eigenvalue weighted by Crippen LogP contribution is 2.42. The Kier molecular flexibility index (Phi) is 6.33. The third kappa shape index (κ3) is 6.02. The van der Waals surface area contributed by atoms with E-state index in [1.54, 1.807) is 18.2 Å². The van der Waals surface area contributed by atoms with E-state index in [1.807, 2.05) is 127 Å². The second-order valence-corrected chi connectivity index (χ2v) is 13.5. The topological polar surface area (TPSA) is 3.24 Å². The molecule has 0 aliphatic carbocycles. The summed E-state index contributed by atoms with van der Waals surface area (Å²) in [6, 6.07) is 53.3. The molecule has 0 aliphatic rings. The van der Waals surface area contributed by atoms with Gasteiger partial charge >= 0.3 is 0 Å². The molecule has 55 heavy (non-hydrogen) atoms. The maximum atomic E-state index is 9.68. The van der Waals surface area contributed by atoms with E-state index in [1.165, 1.54) is 4.90 Å². The molecule has 0 aromatic heterocycles. The minimum atomic E-state index is -0.393. The van der Waals surface area contributed by atoms with Crippen LogP contribution in [0.1, 0.15) is 11.0 Å². The lowest BCUT2D eigenvalue weighted by atomic mass is 9.91. The molecule has 0 bridgehead atoms. The Hall–Kier alpha value is -7.22. The number of anilines is 3. The van der Waals surface area contributed by atoms with Crippen LogP contribution in [-0.2, 0) is 0 Å². The van der Waals surface area contributed by atoms with E-state index in [0.717, 1.165) is 54.6 Å². The first kappa shape index (κ1) is 24.9. The van der Waals surface area contributed by atoms with Gasteiger partial charge in [-0.1, -0.05) is 188 Å². The van der Waals surface area contributed by atoms with Gasteiger partial charge < -0.3 is 4.90 Å². The van der Waals surface area contributed by atoms with Crippen LogP contribution in [0.2, 0.25) is 0 Å². The predicted molar refractivity (Wildman–Crippen MR) is 235 cm³/mol. The van der Waals surface area contributed by atoms with Gasteiger partial charge in [0.25, 0.3) is 0 Å². The van der Waals surface area contributed by atoms with Gasteiger partial charge in [0.15, 0.2) is 0 Å². The first-order chi connectivity index (χ1) is 30.6. The molecule has 0 N–H and O–H groups in total. The van der Waals surface area contributed by atoms with Gasteiger partial charge in [-0.3, -0.25) is 0 Å². The maximum absolute atomic E-state index is 9.68. The summed E-state index contributed by atoms with van der Waals surface area (Å²) >= 11 is 0. The van der Waals surface area contributed by atoms with E-state index in [-0.39, 0.29) is 46.7 Å². The second kappa shape index (κ2) is 14.0. The second-order valence-electron chi connectivity index (χ2n) is 13.5. The van der Waals surface area contributed by atoms with Gasteiger partial charge in [0, 0.05) is 17.1 Å². The zero-order chi connectivity index (χ0) is 43.5. The molecule has 10 aromatic carbocycles. The molecule has 0 heterocycles. The van der Waals surface area contributed by atoms with E-state index < -0.39 is 24.2 Å². The molecule has 0 unspecified atom stereocenters. The Morgan fingerprint density at radius 1 is 0.291 bits per heavy atom. The van der Waals surface area contributed by atoms with Gasteiger partial charge in [0.1, 0.15) is 0 Å². The van der Waals surface area contributed by atoms with E-state index in [0.29, 0.717) is 16.8 Å². The SMILES string of the molecule is [2H]c1c([2H])c(N(c2cccc(-c3cccc4cccc(-c5ccccc5)c34)c2)c2c([2H])c([2H])c(-c3cccc4ccccc34)c([2H])c2[2H])c([2H])c([2H])c1-c1cccc2ccccc12. The Labute approximate surface area is 333 Å². The summed E-state index contributed by atoms with van der Waals surface area (Å²) in [6.07, 6.45) is 0. The smallest absolute Gasteiger partial charge is 0.0645 e. The van der Waals surface area contributed by atoms with Crippen LogP contribution in [0, 0.1) is 0 Å². The van der Waals surface area contributed by atoms with Crippen LogP contribution in [0.25, 0.3) is 76.8 Å². The first-order valence-electron chi connectivity index (χ1n) is 22.3. The summed E-state index contributed by atoms with van der Waals surface area (Å²) in [4.78, 5) is 1.38. The van der Waals surface area contributed by atoms with Gasteiger partial charge in [-0.15, -0.1) is 0 Å². The van der Waals surface area contributed by atoms with Crippen molar-refractivity contribution in [3.05, 3.63) is 224 Å². The van der Waals surface area contributed by atoms with Crippen LogP contribution in [0.3, 0.4) is 0 Å². The van der Waals surface area contributed by atoms with Crippen LogP contribution >= 0.6 is 0 Å². The Bertz CT molecular complexity index is 3240. The van der Waals surface area contributed by atoms with Crippen LogP contribution < -0.4 is 4.90 Å². The fraction of sp³-hybridized carbons (Fsp3) is 0. The normalized spacial score (nSPS) is 13.3. The lowest BCUT2D eigenvalue weighted by Gasteiger charge is -2.27. The number of hydrogen-bond acceptors (Lipinski definition) is 1. The van der Waals surface area contributed by atoms with Crippen molar-refractivity contribution in [3.63, 3.8) is 0 Å². The number of hydrogen-bond donors (Lipinski definition) is 0. The molecule has 258 valence electrons. The van der Waals surface area contributed by atoms with E-state index in [2.05, 4.69) is 30.3 Å². The van der Waals surface area contributed by atoms with Crippen molar-refractivity contribution in [1.82, 2.24) is 0 Å². The Morgan fingerprint density at radius 3 is 1.27 bits per heavy atom. The third-order valence-electron chi connectivity index (χ3n) is 10.2. The van der Waals surface area contributed by atoms with Crippen LogP contribution in [0.4, 0.5) is 17.1 Å². The van der Waals surface area contributed by atoms with Crippen LogP contribution in [0.5, 0.6) is 0 Å². The van der Waals surface area contributed by atoms with Gasteiger partial charge in [-0.2, -0.15) is 0 Å². The zero-order valence-corrected chi connectivity index (χ0v) is 29.7. The highest BCUT2D eigenvalue weighted by molar-refractivity contribution is 6.07. The van der Waals surface area contributed by atoms with Gasteiger partial charge in [-0.05, 0) is 113 Å². The summed E-state index contributed by atoms with van der Waals surface area (Å²) in [5, 5.41) is 5.32. The molecule has 1 nitrogen and oxygen atoms in total. The highest BCUT2D eigenvalue weighted by Gasteiger charge is 2.17. The van der Waals surface area contributed by atoms with E-state index >= 15 is 0 Å². The van der Waals surface area contributed by atoms with Crippen molar-refractivity contribution in [1.29, 1.82) is 0 Å². The Morgan fingerprint density at radius 2 is 0.709 bits per heavy atom. The van der Waals surface area contributed by atoms with Crippen molar-refractivity contribution in [2.45, 2.75) is 0 Å².